The SMILES string of the molecule is CCCn1c(C)cc(C=C(C#N)C(=O)NCCN2CCOCC2)c1C. The Morgan fingerprint density at radius 1 is 1.36 bits per heavy atom. The number of hydrogen-bond donors (Lipinski definition) is 1. The zero-order chi connectivity index (χ0) is 18.2. The van der Waals surface area contributed by atoms with Gasteiger partial charge in [0.25, 0.3) is 5.91 Å². The van der Waals surface area contributed by atoms with E-state index in [1.807, 2.05) is 19.1 Å². The van der Waals surface area contributed by atoms with Crippen LogP contribution in [0.3, 0.4) is 0 Å². The summed E-state index contributed by atoms with van der Waals surface area (Å²) in [4.78, 5) is 14.5. The molecule has 0 aliphatic carbocycles. The molecule has 0 atom stereocenters. The molecule has 0 saturated carbocycles. The van der Waals surface area contributed by atoms with Crippen molar-refractivity contribution in [1.82, 2.24) is 14.8 Å². The van der Waals surface area contributed by atoms with E-state index in [-0.39, 0.29) is 11.5 Å². The predicted molar refractivity (Wildman–Crippen MR) is 98.1 cm³/mol. The number of aryl methyl sites for hydroxylation is 1. The van der Waals surface area contributed by atoms with E-state index in [1.54, 1.807) is 6.08 Å². The van der Waals surface area contributed by atoms with Gasteiger partial charge in [-0.3, -0.25) is 9.69 Å². The average Bonchev–Trinajstić information content (AvgIpc) is 2.88. The van der Waals surface area contributed by atoms with E-state index in [9.17, 15) is 10.1 Å². The van der Waals surface area contributed by atoms with Crippen molar-refractivity contribution in [2.45, 2.75) is 33.7 Å². The minimum absolute atomic E-state index is 0.152. The fraction of sp³-hybridized carbons (Fsp3) is 0.579. The third kappa shape index (κ3) is 5.18. The first-order valence-corrected chi connectivity index (χ1v) is 8.93. The van der Waals surface area contributed by atoms with Gasteiger partial charge in [-0.1, -0.05) is 6.92 Å². The van der Waals surface area contributed by atoms with Gasteiger partial charge in [0, 0.05) is 44.1 Å². The van der Waals surface area contributed by atoms with Gasteiger partial charge in [-0.25, -0.2) is 0 Å². The molecule has 136 valence electrons. The standard InChI is InChI=1S/C19H28N4O2/c1-4-6-23-15(2)12-17(16(23)3)13-18(14-20)19(24)21-5-7-22-8-10-25-11-9-22/h12-13H,4-11H2,1-3H3,(H,21,24). The second-order valence-corrected chi connectivity index (χ2v) is 6.36. The summed E-state index contributed by atoms with van der Waals surface area (Å²) in [6.07, 6.45) is 2.74. The monoisotopic (exact) mass is 344 g/mol. The fourth-order valence-electron chi connectivity index (χ4n) is 3.09. The molecular formula is C19H28N4O2. The van der Waals surface area contributed by atoms with E-state index in [4.69, 9.17) is 4.74 Å². The lowest BCUT2D eigenvalue weighted by Gasteiger charge is -2.26. The van der Waals surface area contributed by atoms with Gasteiger partial charge in [0.2, 0.25) is 0 Å². The fourth-order valence-corrected chi connectivity index (χ4v) is 3.09. The Labute approximate surface area is 150 Å². The van der Waals surface area contributed by atoms with Gasteiger partial charge < -0.3 is 14.6 Å². The van der Waals surface area contributed by atoms with Crippen LogP contribution in [-0.2, 0) is 16.1 Å². The number of carbonyl (C=O) groups is 1. The van der Waals surface area contributed by atoms with Crippen molar-refractivity contribution < 1.29 is 9.53 Å². The van der Waals surface area contributed by atoms with Crippen LogP contribution in [0.25, 0.3) is 6.08 Å². The molecule has 6 heteroatoms. The average molecular weight is 344 g/mol. The summed E-state index contributed by atoms with van der Waals surface area (Å²) in [5.41, 5.74) is 3.33. The van der Waals surface area contributed by atoms with Crippen molar-refractivity contribution >= 4 is 12.0 Å². The molecule has 25 heavy (non-hydrogen) atoms. The Morgan fingerprint density at radius 3 is 2.72 bits per heavy atom. The summed E-state index contributed by atoms with van der Waals surface area (Å²) >= 11 is 0. The molecule has 2 heterocycles. The van der Waals surface area contributed by atoms with Crippen LogP contribution in [0.1, 0.15) is 30.3 Å². The van der Waals surface area contributed by atoms with Crippen LogP contribution < -0.4 is 5.32 Å². The van der Waals surface area contributed by atoms with E-state index in [1.165, 1.54) is 0 Å². The summed E-state index contributed by atoms with van der Waals surface area (Å²) < 4.78 is 7.53. The smallest absolute Gasteiger partial charge is 0.261 e. The first-order chi connectivity index (χ1) is 12.1. The van der Waals surface area contributed by atoms with Crippen LogP contribution in [0, 0.1) is 25.2 Å². The van der Waals surface area contributed by atoms with Crippen LogP contribution in [0.5, 0.6) is 0 Å². The number of nitrogens with zero attached hydrogens (tertiary/aromatic N) is 3. The second kappa shape index (κ2) is 9.40. The molecule has 0 radical (unpaired) electrons. The molecule has 1 fully saturated rings. The summed E-state index contributed by atoms with van der Waals surface area (Å²) in [6, 6.07) is 4.06. The van der Waals surface area contributed by atoms with Crippen molar-refractivity contribution in [2.24, 2.45) is 0 Å². The molecule has 1 aliphatic rings. The molecule has 1 aliphatic heterocycles. The zero-order valence-corrected chi connectivity index (χ0v) is 15.5. The normalized spacial score (nSPS) is 15.8. The van der Waals surface area contributed by atoms with Crippen LogP contribution >= 0.6 is 0 Å². The number of nitriles is 1. The summed E-state index contributed by atoms with van der Waals surface area (Å²) in [5.74, 6) is -0.309. The largest absolute Gasteiger partial charge is 0.379 e. The van der Waals surface area contributed by atoms with E-state index in [0.29, 0.717) is 6.54 Å². The van der Waals surface area contributed by atoms with E-state index in [0.717, 1.165) is 62.8 Å². The van der Waals surface area contributed by atoms with Crippen molar-refractivity contribution in [3.63, 3.8) is 0 Å². The number of rotatable bonds is 7. The van der Waals surface area contributed by atoms with Crippen molar-refractivity contribution in [3.8, 4) is 6.07 Å². The molecule has 6 nitrogen and oxygen atoms in total. The second-order valence-electron chi connectivity index (χ2n) is 6.36. The highest BCUT2D eigenvalue weighted by Crippen LogP contribution is 2.18. The molecule has 1 aromatic rings. The Hall–Kier alpha value is -2.10. The van der Waals surface area contributed by atoms with Gasteiger partial charge >= 0.3 is 0 Å². The number of amides is 1. The molecule has 1 aromatic heterocycles. The quantitative estimate of drug-likeness (QED) is 0.605. The maximum Gasteiger partial charge on any atom is 0.261 e. The van der Waals surface area contributed by atoms with E-state index < -0.39 is 0 Å². The van der Waals surface area contributed by atoms with Gasteiger partial charge in [0.15, 0.2) is 0 Å². The van der Waals surface area contributed by atoms with Gasteiger partial charge in [0.1, 0.15) is 11.6 Å². The molecule has 1 N–H and O–H groups in total. The molecular weight excluding hydrogens is 316 g/mol. The topological polar surface area (TPSA) is 70.3 Å². The number of ether oxygens (including phenoxy) is 1. The van der Waals surface area contributed by atoms with Crippen molar-refractivity contribution in [2.75, 3.05) is 39.4 Å². The first-order valence-electron chi connectivity index (χ1n) is 8.93. The first kappa shape index (κ1) is 19.2. The van der Waals surface area contributed by atoms with Crippen LogP contribution in [0.2, 0.25) is 0 Å². The number of morpholine rings is 1. The molecule has 0 spiro atoms. The van der Waals surface area contributed by atoms with Gasteiger partial charge in [-0.2, -0.15) is 5.26 Å². The van der Waals surface area contributed by atoms with Crippen molar-refractivity contribution in [1.29, 1.82) is 5.26 Å². The highest BCUT2D eigenvalue weighted by Gasteiger charge is 2.14. The molecule has 2 rings (SSSR count). The summed E-state index contributed by atoms with van der Waals surface area (Å²) in [6.45, 7) is 11.7. The van der Waals surface area contributed by atoms with Gasteiger partial charge in [0.05, 0.1) is 13.2 Å². The lowest BCUT2D eigenvalue weighted by Crippen LogP contribution is -2.41. The van der Waals surface area contributed by atoms with Crippen LogP contribution in [-0.4, -0.2) is 54.8 Å². The highest BCUT2D eigenvalue weighted by atomic mass is 16.5. The molecule has 1 amide bonds. The number of carbonyl (C=O) groups excluding carboxylic acids is 1. The Morgan fingerprint density at radius 2 is 2.08 bits per heavy atom. The van der Waals surface area contributed by atoms with Crippen LogP contribution in [0.4, 0.5) is 0 Å². The Bertz CT molecular complexity index is 664. The third-order valence-corrected chi connectivity index (χ3v) is 4.54. The molecule has 0 bridgehead atoms. The Kier molecular flexibility index (Phi) is 7.23. The zero-order valence-electron chi connectivity index (χ0n) is 15.5. The van der Waals surface area contributed by atoms with E-state index >= 15 is 0 Å². The predicted octanol–water partition coefficient (Wildman–Crippen LogP) is 1.87. The van der Waals surface area contributed by atoms with Crippen molar-refractivity contribution in [3.05, 3.63) is 28.6 Å². The van der Waals surface area contributed by atoms with Gasteiger partial charge in [-0.05, 0) is 38.0 Å². The highest BCUT2D eigenvalue weighted by molar-refractivity contribution is 6.01. The van der Waals surface area contributed by atoms with Gasteiger partial charge in [-0.15, -0.1) is 0 Å². The number of aromatic nitrogens is 1. The lowest BCUT2D eigenvalue weighted by molar-refractivity contribution is -0.117. The Balaban J connectivity index is 1.98. The lowest BCUT2D eigenvalue weighted by atomic mass is 10.1. The molecule has 0 unspecified atom stereocenters. The van der Waals surface area contributed by atoms with Crippen LogP contribution in [0.15, 0.2) is 11.6 Å². The summed E-state index contributed by atoms with van der Waals surface area (Å²) in [5, 5.41) is 12.2. The minimum atomic E-state index is -0.309. The maximum atomic E-state index is 12.3. The third-order valence-electron chi connectivity index (χ3n) is 4.54. The summed E-state index contributed by atoms with van der Waals surface area (Å²) in [7, 11) is 0. The molecule has 1 saturated heterocycles. The van der Waals surface area contributed by atoms with E-state index in [2.05, 4.69) is 28.6 Å². The molecule has 0 aromatic carbocycles. The number of nitrogens with one attached hydrogen (secondary N) is 1. The maximum absolute atomic E-state index is 12.3. The number of hydrogen-bond acceptors (Lipinski definition) is 4. The minimum Gasteiger partial charge on any atom is -0.379 e.